The fourth-order valence-corrected chi connectivity index (χ4v) is 2.96. The Morgan fingerprint density at radius 3 is 2.67 bits per heavy atom. The molecule has 0 aromatic rings. The summed E-state index contributed by atoms with van der Waals surface area (Å²) >= 11 is 0. The van der Waals surface area contributed by atoms with E-state index in [0.29, 0.717) is 0 Å². The predicted molar refractivity (Wildman–Crippen MR) is 68.4 cm³/mol. The minimum absolute atomic E-state index is 0.0451. The zero-order valence-corrected chi connectivity index (χ0v) is 11.6. The molecule has 5 heteroatoms. The van der Waals surface area contributed by atoms with Gasteiger partial charge in [0, 0.05) is 12.6 Å². The van der Waals surface area contributed by atoms with Gasteiger partial charge >= 0.3 is 6.09 Å². The Morgan fingerprint density at radius 2 is 2.11 bits per heavy atom. The summed E-state index contributed by atoms with van der Waals surface area (Å²) in [6.45, 7) is 8.14. The molecule has 2 aliphatic heterocycles. The molecule has 2 aliphatic rings. The number of aliphatic hydroxyl groups excluding tert-OH is 1. The van der Waals surface area contributed by atoms with Gasteiger partial charge in [0.05, 0.1) is 18.2 Å². The highest BCUT2D eigenvalue weighted by Gasteiger charge is 2.47. The van der Waals surface area contributed by atoms with Crippen molar-refractivity contribution in [2.75, 3.05) is 6.54 Å². The molecular weight excluding hydrogens is 232 g/mol. The summed E-state index contributed by atoms with van der Waals surface area (Å²) < 4.78 is 5.46. The van der Waals surface area contributed by atoms with E-state index in [1.807, 2.05) is 25.7 Å². The third-order valence-corrected chi connectivity index (χ3v) is 3.67. The molecule has 2 bridgehead atoms. The summed E-state index contributed by atoms with van der Waals surface area (Å²) in [7, 11) is 0. The van der Waals surface area contributed by atoms with Gasteiger partial charge in [-0.15, -0.1) is 0 Å². The SMILES string of the molecule is CC(O)[C@@H]1NC[C@@H]2CC[C@H]1N2C(=O)OC(C)(C)C. The fourth-order valence-electron chi connectivity index (χ4n) is 2.96. The number of amides is 1. The molecule has 0 saturated carbocycles. The topological polar surface area (TPSA) is 61.8 Å². The molecule has 2 N–H and O–H groups in total. The van der Waals surface area contributed by atoms with E-state index in [2.05, 4.69) is 5.32 Å². The number of fused-ring (bicyclic) bond motifs is 2. The van der Waals surface area contributed by atoms with Crippen LogP contribution in [0.1, 0.15) is 40.5 Å². The van der Waals surface area contributed by atoms with E-state index >= 15 is 0 Å². The lowest BCUT2D eigenvalue weighted by atomic mass is 10.0. The first-order chi connectivity index (χ1) is 8.29. The molecule has 0 aromatic carbocycles. The first kappa shape index (κ1) is 13.6. The zero-order valence-electron chi connectivity index (χ0n) is 11.6. The van der Waals surface area contributed by atoms with E-state index in [9.17, 15) is 9.90 Å². The highest BCUT2D eigenvalue weighted by molar-refractivity contribution is 5.70. The lowest BCUT2D eigenvalue weighted by Gasteiger charge is -2.42. The smallest absolute Gasteiger partial charge is 0.410 e. The number of rotatable bonds is 1. The van der Waals surface area contributed by atoms with Crippen LogP contribution in [0.15, 0.2) is 0 Å². The van der Waals surface area contributed by atoms with E-state index in [-0.39, 0.29) is 24.2 Å². The maximum atomic E-state index is 12.2. The molecule has 2 heterocycles. The summed E-state index contributed by atoms with van der Waals surface area (Å²) in [5.74, 6) is 0. The number of ether oxygens (including phenoxy) is 1. The first-order valence-electron chi connectivity index (χ1n) is 6.72. The number of hydrogen-bond acceptors (Lipinski definition) is 4. The number of hydrogen-bond donors (Lipinski definition) is 2. The van der Waals surface area contributed by atoms with Crippen molar-refractivity contribution in [1.29, 1.82) is 0 Å². The summed E-state index contributed by atoms with van der Waals surface area (Å²) in [5, 5.41) is 13.1. The largest absolute Gasteiger partial charge is 0.444 e. The highest BCUT2D eigenvalue weighted by Crippen LogP contribution is 2.32. The van der Waals surface area contributed by atoms with Crippen LogP contribution in [-0.2, 0) is 4.74 Å². The van der Waals surface area contributed by atoms with E-state index < -0.39 is 11.7 Å². The molecule has 2 fully saturated rings. The molecule has 2 saturated heterocycles. The number of nitrogens with one attached hydrogen (secondary N) is 1. The van der Waals surface area contributed by atoms with Crippen LogP contribution in [0.25, 0.3) is 0 Å². The fraction of sp³-hybridized carbons (Fsp3) is 0.923. The Morgan fingerprint density at radius 1 is 1.44 bits per heavy atom. The van der Waals surface area contributed by atoms with Gasteiger partial charge in [0.25, 0.3) is 0 Å². The maximum absolute atomic E-state index is 12.2. The van der Waals surface area contributed by atoms with Crippen LogP contribution in [0.2, 0.25) is 0 Å². The third kappa shape index (κ3) is 2.62. The van der Waals surface area contributed by atoms with Crippen molar-refractivity contribution >= 4 is 6.09 Å². The minimum Gasteiger partial charge on any atom is -0.444 e. The van der Waals surface area contributed by atoms with E-state index in [1.54, 1.807) is 6.92 Å². The standard InChI is InChI=1S/C13H24N2O3/c1-8(16)11-10-6-5-9(7-14-11)15(10)12(17)18-13(2,3)4/h8-11,14,16H,5-7H2,1-4H3/t8?,9-,10+,11-/m0/s1. The average Bonchev–Trinajstić information content (AvgIpc) is 2.49. The molecule has 1 amide bonds. The second kappa shape index (κ2) is 4.70. The van der Waals surface area contributed by atoms with Crippen molar-refractivity contribution in [3.05, 3.63) is 0 Å². The normalized spacial score (nSPS) is 33.4. The molecule has 0 aromatic heterocycles. The van der Waals surface area contributed by atoms with Crippen LogP contribution in [0, 0.1) is 0 Å². The van der Waals surface area contributed by atoms with Crippen molar-refractivity contribution in [2.45, 2.75) is 70.4 Å². The van der Waals surface area contributed by atoms with Gasteiger partial charge in [0.2, 0.25) is 0 Å². The number of piperazine rings is 1. The van der Waals surface area contributed by atoms with Crippen LogP contribution in [0.4, 0.5) is 4.79 Å². The van der Waals surface area contributed by atoms with E-state index in [0.717, 1.165) is 19.4 Å². The average molecular weight is 256 g/mol. The summed E-state index contributed by atoms with van der Waals surface area (Å²) in [6.07, 6.45) is 1.22. The Bertz CT molecular complexity index is 325. The summed E-state index contributed by atoms with van der Waals surface area (Å²) in [6, 6.07) is 0.217. The molecule has 1 unspecified atom stereocenters. The third-order valence-electron chi connectivity index (χ3n) is 3.67. The van der Waals surface area contributed by atoms with Gasteiger partial charge in [-0.1, -0.05) is 0 Å². The molecule has 0 aliphatic carbocycles. The van der Waals surface area contributed by atoms with Gasteiger partial charge in [-0.05, 0) is 40.5 Å². The minimum atomic E-state index is -0.471. The quantitative estimate of drug-likeness (QED) is 0.737. The van der Waals surface area contributed by atoms with Crippen molar-refractivity contribution in [2.24, 2.45) is 0 Å². The lowest BCUT2D eigenvalue weighted by Crippen LogP contribution is -2.63. The molecule has 0 spiro atoms. The van der Waals surface area contributed by atoms with Crippen molar-refractivity contribution in [3.8, 4) is 0 Å². The Balaban J connectivity index is 2.10. The van der Waals surface area contributed by atoms with Crippen LogP contribution in [-0.4, -0.2) is 52.5 Å². The monoisotopic (exact) mass is 256 g/mol. The van der Waals surface area contributed by atoms with Crippen molar-refractivity contribution < 1.29 is 14.6 Å². The molecule has 4 atom stereocenters. The van der Waals surface area contributed by atoms with Crippen LogP contribution in [0.3, 0.4) is 0 Å². The Kier molecular flexibility index (Phi) is 3.56. The first-order valence-corrected chi connectivity index (χ1v) is 6.72. The summed E-state index contributed by atoms with van der Waals surface area (Å²) in [4.78, 5) is 14.1. The Labute approximate surface area is 108 Å². The number of aliphatic hydroxyl groups is 1. The highest BCUT2D eigenvalue weighted by atomic mass is 16.6. The van der Waals surface area contributed by atoms with Crippen molar-refractivity contribution in [1.82, 2.24) is 10.2 Å². The molecule has 5 nitrogen and oxygen atoms in total. The van der Waals surface area contributed by atoms with Crippen LogP contribution < -0.4 is 5.32 Å². The van der Waals surface area contributed by atoms with E-state index in [1.165, 1.54) is 0 Å². The van der Waals surface area contributed by atoms with Gasteiger partial charge in [-0.3, -0.25) is 4.90 Å². The molecule has 18 heavy (non-hydrogen) atoms. The second-order valence-electron chi connectivity index (χ2n) is 6.36. The summed E-state index contributed by atoms with van der Waals surface area (Å²) in [5.41, 5.74) is -0.471. The van der Waals surface area contributed by atoms with Crippen LogP contribution >= 0.6 is 0 Å². The Hall–Kier alpha value is -0.810. The number of carbonyl (C=O) groups excluding carboxylic acids is 1. The number of carbonyl (C=O) groups is 1. The van der Waals surface area contributed by atoms with Gasteiger partial charge in [0.15, 0.2) is 0 Å². The van der Waals surface area contributed by atoms with Crippen LogP contribution in [0.5, 0.6) is 0 Å². The number of nitrogens with zero attached hydrogens (tertiary/aromatic N) is 1. The van der Waals surface area contributed by atoms with Crippen molar-refractivity contribution in [3.63, 3.8) is 0 Å². The zero-order chi connectivity index (χ0) is 13.5. The molecule has 0 radical (unpaired) electrons. The van der Waals surface area contributed by atoms with Gasteiger partial charge in [0.1, 0.15) is 5.60 Å². The molecule has 104 valence electrons. The predicted octanol–water partition coefficient (Wildman–Crippen LogP) is 1.11. The lowest BCUT2D eigenvalue weighted by molar-refractivity contribution is -0.00704. The maximum Gasteiger partial charge on any atom is 0.410 e. The molecular formula is C13H24N2O3. The van der Waals surface area contributed by atoms with Gasteiger partial charge in [-0.25, -0.2) is 4.79 Å². The molecule has 2 rings (SSSR count). The van der Waals surface area contributed by atoms with Gasteiger partial charge in [-0.2, -0.15) is 0 Å². The van der Waals surface area contributed by atoms with E-state index in [4.69, 9.17) is 4.74 Å². The van der Waals surface area contributed by atoms with Gasteiger partial charge < -0.3 is 15.2 Å². The second-order valence-corrected chi connectivity index (χ2v) is 6.36.